The molecule has 2 aromatic rings. The number of nitrogens with zero attached hydrogens (tertiary/aromatic N) is 2. The third kappa shape index (κ3) is 4.29. The highest BCUT2D eigenvalue weighted by Gasteiger charge is 2.35. The van der Waals surface area contributed by atoms with E-state index in [-0.39, 0.29) is 18.9 Å². The molecule has 0 atom stereocenters. The lowest BCUT2D eigenvalue weighted by Crippen LogP contribution is -2.50. The van der Waals surface area contributed by atoms with Crippen molar-refractivity contribution >= 4 is 17.4 Å². The summed E-state index contributed by atoms with van der Waals surface area (Å²) in [6.07, 6.45) is -4.79. The maximum Gasteiger partial charge on any atom is 0.418 e. The van der Waals surface area contributed by atoms with Gasteiger partial charge in [0.2, 0.25) is 0 Å². The van der Waals surface area contributed by atoms with E-state index in [9.17, 15) is 26.7 Å². The highest BCUT2D eigenvalue weighted by Crippen LogP contribution is 2.36. The third-order valence-electron chi connectivity index (χ3n) is 4.31. The number of rotatable bonds is 2. The molecule has 0 radical (unpaired) electrons. The molecule has 1 aliphatic heterocycles. The number of piperazine rings is 1. The van der Waals surface area contributed by atoms with E-state index in [1.165, 1.54) is 17.0 Å². The summed E-state index contributed by atoms with van der Waals surface area (Å²) in [5.74, 6) is -1.51. The highest BCUT2D eigenvalue weighted by molar-refractivity contribution is 5.90. The Balaban J connectivity index is 1.66. The summed E-state index contributed by atoms with van der Waals surface area (Å²) in [6, 6.07) is 7.58. The lowest BCUT2D eigenvalue weighted by Gasteiger charge is -2.36. The number of benzene rings is 2. The van der Waals surface area contributed by atoms with Crippen LogP contribution >= 0.6 is 0 Å². The van der Waals surface area contributed by atoms with Gasteiger partial charge in [-0.1, -0.05) is 6.07 Å². The lowest BCUT2D eigenvalue weighted by molar-refractivity contribution is -0.137. The van der Waals surface area contributed by atoms with E-state index in [1.54, 1.807) is 12.1 Å². The average molecular weight is 385 g/mol. The second kappa shape index (κ2) is 7.42. The van der Waals surface area contributed by atoms with Gasteiger partial charge >= 0.3 is 12.2 Å². The van der Waals surface area contributed by atoms with Gasteiger partial charge in [0.1, 0.15) is 11.6 Å². The van der Waals surface area contributed by atoms with Gasteiger partial charge in [-0.2, -0.15) is 13.2 Å². The zero-order chi connectivity index (χ0) is 19.6. The Labute approximate surface area is 152 Å². The quantitative estimate of drug-likeness (QED) is 0.781. The maximum absolute atomic E-state index is 13.9. The Morgan fingerprint density at radius 2 is 1.56 bits per heavy atom. The maximum atomic E-state index is 13.9. The molecule has 9 heteroatoms. The van der Waals surface area contributed by atoms with Crippen molar-refractivity contribution < 1.29 is 26.7 Å². The molecule has 2 amide bonds. The summed E-state index contributed by atoms with van der Waals surface area (Å²) < 4.78 is 65.9. The first-order chi connectivity index (χ1) is 12.8. The summed E-state index contributed by atoms with van der Waals surface area (Å²) in [6.45, 7) is 1.31. The zero-order valence-corrected chi connectivity index (χ0v) is 14.1. The van der Waals surface area contributed by atoms with E-state index in [4.69, 9.17) is 0 Å². The van der Waals surface area contributed by atoms with Crippen LogP contribution < -0.4 is 10.2 Å². The summed E-state index contributed by atoms with van der Waals surface area (Å²) in [5, 5.41) is 2.04. The molecule has 0 aliphatic carbocycles. The van der Waals surface area contributed by atoms with Gasteiger partial charge in [-0.25, -0.2) is 13.6 Å². The smallest absolute Gasteiger partial charge is 0.368 e. The van der Waals surface area contributed by atoms with Crippen LogP contribution in [0.2, 0.25) is 0 Å². The molecule has 0 bridgehead atoms. The minimum atomic E-state index is -4.79. The predicted octanol–water partition coefficient (Wildman–Crippen LogP) is 4.34. The second-order valence-corrected chi connectivity index (χ2v) is 6.04. The Morgan fingerprint density at radius 3 is 2.15 bits per heavy atom. The first kappa shape index (κ1) is 18.9. The molecular weight excluding hydrogens is 369 g/mol. The van der Waals surface area contributed by atoms with Crippen LogP contribution in [0.15, 0.2) is 42.5 Å². The van der Waals surface area contributed by atoms with Gasteiger partial charge in [-0.3, -0.25) is 0 Å². The number of alkyl halides is 3. The van der Waals surface area contributed by atoms with Crippen molar-refractivity contribution in [3.05, 3.63) is 59.7 Å². The standard InChI is InChI=1S/C18H16F5N3O/c19-12-4-6-13(7-5-12)25-8-10-26(11-9-25)17(27)24-16-14(18(21,22)23)2-1-3-15(16)20/h1-7H,8-11H2,(H,24,27). The van der Waals surface area contributed by atoms with Crippen LogP contribution in [0.25, 0.3) is 0 Å². The third-order valence-corrected chi connectivity index (χ3v) is 4.31. The van der Waals surface area contributed by atoms with Crippen molar-refractivity contribution in [2.45, 2.75) is 6.18 Å². The fourth-order valence-electron chi connectivity index (χ4n) is 2.89. The van der Waals surface area contributed by atoms with Crippen LogP contribution in [-0.2, 0) is 6.18 Å². The summed E-state index contributed by atoms with van der Waals surface area (Å²) >= 11 is 0. The fourth-order valence-corrected chi connectivity index (χ4v) is 2.89. The molecule has 1 heterocycles. The largest absolute Gasteiger partial charge is 0.418 e. The summed E-state index contributed by atoms with van der Waals surface area (Å²) in [4.78, 5) is 15.5. The van der Waals surface area contributed by atoms with Crippen LogP contribution in [0, 0.1) is 11.6 Å². The Kier molecular flexibility index (Phi) is 5.20. The summed E-state index contributed by atoms with van der Waals surface area (Å²) in [5.41, 5.74) is -1.33. The van der Waals surface area contributed by atoms with Crippen molar-refractivity contribution in [1.29, 1.82) is 0 Å². The van der Waals surface area contributed by atoms with Crippen molar-refractivity contribution in [1.82, 2.24) is 4.90 Å². The van der Waals surface area contributed by atoms with Crippen molar-refractivity contribution in [3.8, 4) is 0 Å². The number of halogens is 5. The number of carbonyl (C=O) groups excluding carboxylic acids is 1. The van der Waals surface area contributed by atoms with Gasteiger partial charge in [0.05, 0.1) is 11.3 Å². The molecule has 1 aliphatic rings. The molecule has 1 saturated heterocycles. The van der Waals surface area contributed by atoms with Gasteiger partial charge < -0.3 is 15.1 Å². The molecule has 0 aromatic heterocycles. The monoisotopic (exact) mass is 385 g/mol. The molecule has 3 rings (SSSR count). The van der Waals surface area contributed by atoms with E-state index in [2.05, 4.69) is 0 Å². The number of carbonyl (C=O) groups is 1. The van der Waals surface area contributed by atoms with E-state index in [0.29, 0.717) is 19.2 Å². The average Bonchev–Trinajstić information content (AvgIpc) is 2.63. The molecule has 4 nitrogen and oxygen atoms in total. The predicted molar refractivity (Wildman–Crippen MR) is 90.6 cm³/mol. The molecule has 1 fully saturated rings. The number of nitrogens with one attached hydrogen (secondary N) is 1. The van der Waals surface area contributed by atoms with E-state index >= 15 is 0 Å². The SMILES string of the molecule is O=C(Nc1c(F)cccc1C(F)(F)F)N1CCN(c2ccc(F)cc2)CC1. The van der Waals surface area contributed by atoms with Crippen LogP contribution in [0.4, 0.5) is 38.1 Å². The van der Waals surface area contributed by atoms with E-state index < -0.39 is 29.3 Å². The Hall–Kier alpha value is -2.84. The molecule has 27 heavy (non-hydrogen) atoms. The molecule has 0 spiro atoms. The molecular formula is C18H16F5N3O. The van der Waals surface area contributed by atoms with Crippen molar-refractivity contribution in [2.24, 2.45) is 0 Å². The van der Waals surface area contributed by atoms with Crippen molar-refractivity contribution in [2.75, 3.05) is 36.4 Å². The Morgan fingerprint density at radius 1 is 0.926 bits per heavy atom. The van der Waals surface area contributed by atoms with Gasteiger partial charge in [0, 0.05) is 31.9 Å². The summed E-state index contributed by atoms with van der Waals surface area (Å²) in [7, 11) is 0. The molecule has 144 valence electrons. The van der Waals surface area contributed by atoms with Gasteiger partial charge in [0.25, 0.3) is 0 Å². The number of hydrogen-bond acceptors (Lipinski definition) is 2. The number of urea groups is 1. The number of hydrogen-bond donors (Lipinski definition) is 1. The first-order valence-electron chi connectivity index (χ1n) is 8.18. The fraction of sp³-hybridized carbons (Fsp3) is 0.278. The number of anilines is 2. The van der Waals surface area contributed by atoms with Crippen LogP contribution in [0.3, 0.4) is 0 Å². The van der Waals surface area contributed by atoms with Gasteiger partial charge in [-0.15, -0.1) is 0 Å². The molecule has 0 unspecified atom stereocenters. The normalized spacial score (nSPS) is 15.0. The topological polar surface area (TPSA) is 35.6 Å². The zero-order valence-electron chi connectivity index (χ0n) is 14.1. The highest BCUT2D eigenvalue weighted by atomic mass is 19.4. The minimum Gasteiger partial charge on any atom is -0.368 e. The number of amides is 2. The number of para-hydroxylation sites is 1. The van der Waals surface area contributed by atoms with Crippen LogP contribution in [0.5, 0.6) is 0 Å². The van der Waals surface area contributed by atoms with Crippen molar-refractivity contribution in [3.63, 3.8) is 0 Å². The minimum absolute atomic E-state index is 0.235. The lowest BCUT2D eigenvalue weighted by atomic mass is 10.1. The van der Waals surface area contributed by atoms with Crippen LogP contribution in [0.1, 0.15) is 5.56 Å². The molecule has 1 N–H and O–H groups in total. The molecule has 2 aromatic carbocycles. The van der Waals surface area contributed by atoms with Crippen LogP contribution in [-0.4, -0.2) is 37.1 Å². The van der Waals surface area contributed by atoms with E-state index in [1.807, 2.05) is 10.2 Å². The molecule has 0 saturated carbocycles. The van der Waals surface area contributed by atoms with E-state index in [0.717, 1.165) is 17.8 Å². The second-order valence-electron chi connectivity index (χ2n) is 6.04. The van der Waals surface area contributed by atoms with Gasteiger partial charge in [-0.05, 0) is 36.4 Å². The Bertz CT molecular complexity index is 815. The first-order valence-corrected chi connectivity index (χ1v) is 8.18. The van der Waals surface area contributed by atoms with Gasteiger partial charge in [0.15, 0.2) is 0 Å².